The van der Waals surface area contributed by atoms with Crippen molar-refractivity contribution >= 4 is 29.3 Å². The van der Waals surface area contributed by atoms with Gasteiger partial charge in [-0.2, -0.15) is 0 Å². The van der Waals surface area contributed by atoms with Crippen LogP contribution in [0, 0.1) is 0 Å². The molecule has 2 amide bonds. The molecule has 0 atom stereocenters. The molecule has 1 N–H and O–H groups in total. The minimum atomic E-state index is -0.156. The molecule has 1 aromatic carbocycles. The fraction of sp³-hybridized carbons (Fsp3) is 0.565. The Hall–Kier alpha value is -1.99. The van der Waals surface area contributed by atoms with Gasteiger partial charge in [0.05, 0.1) is 6.61 Å². The standard InChI is InChI=1S/C23H31N3O3S/c1-17-21(30-16-15-29-17)22(27)24-19-7-5-18(6-8-19)23(28)26-13-9-20(10-14-26)25-11-3-2-4-12-25/h5-8,20H,2-4,9-16H2,1H3,(H,24,27). The maximum Gasteiger partial charge on any atom is 0.265 e. The summed E-state index contributed by atoms with van der Waals surface area (Å²) >= 11 is 1.51. The van der Waals surface area contributed by atoms with Crippen LogP contribution in [-0.4, -0.2) is 66.2 Å². The molecule has 0 saturated carbocycles. The van der Waals surface area contributed by atoms with Crippen LogP contribution in [0.2, 0.25) is 0 Å². The van der Waals surface area contributed by atoms with Gasteiger partial charge in [0.2, 0.25) is 0 Å². The molecule has 7 heteroatoms. The summed E-state index contributed by atoms with van der Waals surface area (Å²) in [6.45, 7) is 6.53. The van der Waals surface area contributed by atoms with E-state index in [0.717, 1.165) is 31.7 Å². The summed E-state index contributed by atoms with van der Waals surface area (Å²) in [5.41, 5.74) is 1.36. The third kappa shape index (κ3) is 5.01. The predicted molar refractivity (Wildman–Crippen MR) is 121 cm³/mol. The van der Waals surface area contributed by atoms with Crippen molar-refractivity contribution in [1.82, 2.24) is 9.80 Å². The SMILES string of the molecule is CC1=C(C(=O)Nc2ccc(C(=O)N3CCC(N4CCCCC4)CC3)cc2)SCCO1. The van der Waals surface area contributed by atoms with E-state index in [4.69, 9.17) is 4.74 Å². The lowest BCUT2D eigenvalue weighted by Gasteiger charge is -2.40. The van der Waals surface area contributed by atoms with Gasteiger partial charge in [-0.3, -0.25) is 9.59 Å². The van der Waals surface area contributed by atoms with E-state index in [1.165, 1.54) is 44.1 Å². The van der Waals surface area contributed by atoms with Gasteiger partial charge in [0.15, 0.2) is 0 Å². The molecule has 2 fully saturated rings. The number of carbonyl (C=O) groups excluding carboxylic acids is 2. The highest BCUT2D eigenvalue weighted by Gasteiger charge is 2.28. The number of piperidine rings is 2. The average molecular weight is 430 g/mol. The molecule has 1 aromatic rings. The Kier molecular flexibility index (Phi) is 7.00. The quantitative estimate of drug-likeness (QED) is 0.791. The van der Waals surface area contributed by atoms with Crippen LogP contribution < -0.4 is 5.32 Å². The van der Waals surface area contributed by atoms with E-state index < -0.39 is 0 Å². The Labute approximate surface area is 183 Å². The third-order valence-corrected chi connectivity index (χ3v) is 7.36. The van der Waals surface area contributed by atoms with Gasteiger partial charge in [0, 0.05) is 36.1 Å². The number of benzene rings is 1. The number of allylic oxidation sites excluding steroid dienone is 1. The zero-order valence-electron chi connectivity index (χ0n) is 17.7. The van der Waals surface area contributed by atoms with E-state index in [1.807, 2.05) is 11.8 Å². The molecule has 6 nitrogen and oxygen atoms in total. The van der Waals surface area contributed by atoms with Crippen molar-refractivity contribution in [2.45, 2.75) is 45.1 Å². The summed E-state index contributed by atoms with van der Waals surface area (Å²) < 4.78 is 5.46. The second kappa shape index (κ2) is 9.88. The topological polar surface area (TPSA) is 61.9 Å². The first kappa shape index (κ1) is 21.2. The second-order valence-electron chi connectivity index (χ2n) is 8.23. The minimum Gasteiger partial charge on any atom is -0.496 e. The number of hydrogen-bond acceptors (Lipinski definition) is 5. The van der Waals surface area contributed by atoms with Crippen molar-refractivity contribution in [2.24, 2.45) is 0 Å². The van der Waals surface area contributed by atoms with E-state index in [9.17, 15) is 9.59 Å². The van der Waals surface area contributed by atoms with Gasteiger partial charge < -0.3 is 19.9 Å². The summed E-state index contributed by atoms with van der Waals surface area (Å²) in [6.07, 6.45) is 6.10. The smallest absolute Gasteiger partial charge is 0.265 e. The van der Waals surface area contributed by atoms with Gasteiger partial charge in [0.25, 0.3) is 11.8 Å². The molecule has 30 heavy (non-hydrogen) atoms. The number of thioether (sulfide) groups is 1. The van der Waals surface area contributed by atoms with Crippen molar-refractivity contribution < 1.29 is 14.3 Å². The Bertz CT molecular complexity index is 794. The van der Waals surface area contributed by atoms with Crippen molar-refractivity contribution in [2.75, 3.05) is 43.9 Å². The fourth-order valence-corrected chi connectivity index (χ4v) is 5.33. The number of rotatable bonds is 4. The van der Waals surface area contributed by atoms with Crippen LogP contribution in [0.15, 0.2) is 34.9 Å². The largest absolute Gasteiger partial charge is 0.496 e. The van der Waals surface area contributed by atoms with Crippen LogP contribution in [0.5, 0.6) is 0 Å². The van der Waals surface area contributed by atoms with E-state index in [2.05, 4.69) is 10.2 Å². The van der Waals surface area contributed by atoms with Gasteiger partial charge in [-0.05, 0) is 70.0 Å². The van der Waals surface area contributed by atoms with E-state index in [1.54, 1.807) is 24.3 Å². The molecule has 2 saturated heterocycles. The highest BCUT2D eigenvalue weighted by molar-refractivity contribution is 8.04. The van der Waals surface area contributed by atoms with Crippen LogP contribution >= 0.6 is 11.8 Å². The van der Waals surface area contributed by atoms with Crippen LogP contribution in [0.25, 0.3) is 0 Å². The minimum absolute atomic E-state index is 0.0831. The van der Waals surface area contributed by atoms with Gasteiger partial charge in [-0.15, -0.1) is 11.8 Å². The lowest BCUT2D eigenvalue weighted by Crippen LogP contribution is -2.48. The number of ether oxygens (including phenoxy) is 1. The lowest BCUT2D eigenvalue weighted by molar-refractivity contribution is -0.112. The number of anilines is 1. The highest BCUT2D eigenvalue weighted by Crippen LogP contribution is 2.27. The monoisotopic (exact) mass is 429 g/mol. The Morgan fingerprint density at radius 3 is 2.40 bits per heavy atom. The number of likely N-dealkylation sites (tertiary alicyclic amines) is 2. The van der Waals surface area contributed by atoms with Crippen molar-refractivity contribution in [3.8, 4) is 0 Å². The summed E-state index contributed by atoms with van der Waals surface area (Å²) in [5, 5.41) is 2.90. The molecule has 0 unspecified atom stereocenters. The number of carbonyl (C=O) groups is 2. The van der Waals surface area contributed by atoms with Gasteiger partial charge in [-0.1, -0.05) is 6.42 Å². The fourth-order valence-electron chi connectivity index (χ4n) is 4.52. The van der Waals surface area contributed by atoms with E-state index in [-0.39, 0.29) is 11.8 Å². The molecule has 0 aromatic heterocycles. The van der Waals surface area contributed by atoms with Gasteiger partial charge in [-0.25, -0.2) is 0 Å². The second-order valence-corrected chi connectivity index (χ2v) is 9.34. The molecule has 3 aliphatic heterocycles. The van der Waals surface area contributed by atoms with Crippen LogP contribution in [-0.2, 0) is 9.53 Å². The summed E-state index contributed by atoms with van der Waals surface area (Å²) in [5.74, 6) is 1.38. The van der Waals surface area contributed by atoms with Crippen LogP contribution in [0.4, 0.5) is 5.69 Å². The Balaban J connectivity index is 1.30. The third-order valence-electron chi connectivity index (χ3n) is 6.22. The molecule has 4 rings (SSSR count). The molecular weight excluding hydrogens is 398 g/mol. The normalized spacial score (nSPS) is 21.3. The van der Waals surface area contributed by atoms with E-state index >= 15 is 0 Å². The molecule has 0 aliphatic carbocycles. The highest BCUT2D eigenvalue weighted by atomic mass is 32.2. The number of hydrogen-bond donors (Lipinski definition) is 1. The molecular formula is C23H31N3O3S. The average Bonchev–Trinajstić information content (AvgIpc) is 2.80. The molecule has 3 aliphatic rings. The van der Waals surface area contributed by atoms with Crippen molar-refractivity contribution in [3.63, 3.8) is 0 Å². The van der Waals surface area contributed by atoms with Crippen LogP contribution in [0.1, 0.15) is 49.4 Å². The number of nitrogens with zero attached hydrogens (tertiary/aromatic N) is 2. The van der Waals surface area contributed by atoms with Gasteiger partial charge >= 0.3 is 0 Å². The molecule has 0 spiro atoms. The van der Waals surface area contributed by atoms with Crippen LogP contribution in [0.3, 0.4) is 0 Å². The molecule has 162 valence electrons. The Morgan fingerprint density at radius 2 is 1.73 bits per heavy atom. The Morgan fingerprint density at radius 1 is 1.03 bits per heavy atom. The predicted octanol–water partition coefficient (Wildman–Crippen LogP) is 3.71. The lowest BCUT2D eigenvalue weighted by atomic mass is 9.99. The summed E-state index contributed by atoms with van der Waals surface area (Å²) in [4.78, 5) is 30.6. The number of nitrogens with one attached hydrogen (secondary N) is 1. The maximum absolute atomic E-state index is 12.9. The zero-order valence-corrected chi connectivity index (χ0v) is 18.5. The van der Waals surface area contributed by atoms with E-state index in [0.29, 0.717) is 34.6 Å². The summed E-state index contributed by atoms with van der Waals surface area (Å²) in [7, 11) is 0. The molecule has 0 radical (unpaired) electrons. The molecule has 0 bridgehead atoms. The number of amides is 2. The zero-order chi connectivity index (χ0) is 20.9. The maximum atomic E-state index is 12.9. The first-order valence-electron chi connectivity index (χ1n) is 11.0. The molecule has 3 heterocycles. The first-order chi connectivity index (χ1) is 14.6. The summed E-state index contributed by atoms with van der Waals surface area (Å²) in [6, 6.07) is 7.85. The van der Waals surface area contributed by atoms with Crippen molar-refractivity contribution in [3.05, 3.63) is 40.5 Å². The van der Waals surface area contributed by atoms with Gasteiger partial charge in [0.1, 0.15) is 10.7 Å². The van der Waals surface area contributed by atoms with Crippen molar-refractivity contribution in [1.29, 1.82) is 0 Å². The first-order valence-corrected chi connectivity index (χ1v) is 12.0.